The minimum Gasteiger partial charge on any atom is -0.403 e. The fourth-order valence-electron chi connectivity index (χ4n) is 1.58. The lowest BCUT2D eigenvalue weighted by atomic mass is 10.3. The van der Waals surface area contributed by atoms with E-state index in [-0.39, 0.29) is 6.01 Å². The summed E-state index contributed by atoms with van der Waals surface area (Å²) in [7, 11) is 0. The van der Waals surface area contributed by atoms with Gasteiger partial charge in [0, 0.05) is 18.1 Å². The standard InChI is InChI=1S/C13H8Cl2N4O/c14-10-4-3-9(6-11(10)15)17-13-19-18-12(20-13)8-2-1-5-16-7-8/h1-7H,(H,17,19). The van der Waals surface area contributed by atoms with Crippen LogP contribution in [-0.2, 0) is 0 Å². The van der Waals surface area contributed by atoms with Crippen molar-refractivity contribution >= 4 is 34.9 Å². The summed E-state index contributed by atoms with van der Waals surface area (Å²) < 4.78 is 5.49. The van der Waals surface area contributed by atoms with Crippen LogP contribution < -0.4 is 5.32 Å². The van der Waals surface area contributed by atoms with E-state index in [1.54, 1.807) is 36.7 Å². The van der Waals surface area contributed by atoms with Crippen LogP contribution in [0.4, 0.5) is 11.7 Å². The zero-order valence-electron chi connectivity index (χ0n) is 10.0. The van der Waals surface area contributed by atoms with Crippen molar-refractivity contribution in [1.82, 2.24) is 15.2 Å². The van der Waals surface area contributed by atoms with Crippen LogP contribution in [-0.4, -0.2) is 15.2 Å². The SMILES string of the molecule is Clc1ccc(Nc2nnc(-c3cccnc3)o2)cc1Cl. The van der Waals surface area contributed by atoms with E-state index in [4.69, 9.17) is 27.6 Å². The van der Waals surface area contributed by atoms with Gasteiger partial charge in [0.2, 0.25) is 0 Å². The number of nitrogens with zero attached hydrogens (tertiary/aromatic N) is 3. The van der Waals surface area contributed by atoms with E-state index in [0.29, 0.717) is 21.6 Å². The lowest BCUT2D eigenvalue weighted by molar-refractivity contribution is 0.587. The maximum absolute atomic E-state index is 5.93. The highest BCUT2D eigenvalue weighted by Crippen LogP contribution is 2.27. The second-order valence-corrected chi connectivity index (χ2v) is 4.72. The van der Waals surface area contributed by atoms with Gasteiger partial charge in [0.25, 0.3) is 5.89 Å². The van der Waals surface area contributed by atoms with Crippen LogP contribution in [0.2, 0.25) is 10.0 Å². The van der Waals surface area contributed by atoms with Crippen molar-refractivity contribution in [3.8, 4) is 11.5 Å². The lowest BCUT2D eigenvalue weighted by Crippen LogP contribution is -1.90. The van der Waals surface area contributed by atoms with Gasteiger partial charge in [0.1, 0.15) is 0 Å². The molecule has 0 saturated heterocycles. The second-order valence-electron chi connectivity index (χ2n) is 3.91. The summed E-state index contributed by atoms with van der Waals surface area (Å²) in [6.07, 6.45) is 3.32. The number of rotatable bonds is 3. The molecule has 7 heteroatoms. The van der Waals surface area contributed by atoms with Gasteiger partial charge in [0.15, 0.2) is 0 Å². The predicted molar refractivity (Wildman–Crippen MR) is 77.3 cm³/mol. The van der Waals surface area contributed by atoms with Gasteiger partial charge in [-0.1, -0.05) is 28.3 Å². The average Bonchev–Trinajstić information content (AvgIpc) is 2.92. The molecule has 5 nitrogen and oxygen atoms in total. The van der Waals surface area contributed by atoms with E-state index >= 15 is 0 Å². The Morgan fingerprint density at radius 3 is 2.70 bits per heavy atom. The summed E-state index contributed by atoms with van der Waals surface area (Å²) in [6, 6.07) is 9.03. The van der Waals surface area contributed by atoms with Crippen LogP contribution in [0.3, 0.4) is 0 Å². The maximum Gasteiger partial charge on any atom is 0.320 e. The number of pyridine rings is 1. The third kappa shape index (κ3) is 2.74. The molecule has 1 aromatic carbocycles. The first-order valence-electron chi connectivity index (χ1n) is 5.68. The molecular weight excluding hydrogens is 299 g/mol. The second kappa shape index (κ2) is 5.48. The topological polar surface area (TPSA) is 63.8 Å². The highest BCUT2D eigenvalue weighted by Gasteiger charge is 2.09. The van der Waals surface area contributed by atoms with Gasteiger partial charge in [0.05, 0.1) is 15.6 Å². The number of nitrogens with one attached hydrogen (secondary N) is 1. The number of hydrogen-bond donors (Lipinski definition) is 1. The Labute approximate surface area is 124 Å². The van der Waals surface area contributed by atoms with Crippen molar-refractivity contribution in [2.45, 2.75) is 0 Å². The number of aromatic nitrogens is 3. The zero-order chi connectivity index (χ0) is 13.9. The summed E-state index contributed by atoms with van der Waals surface area (Å²) in [5, 5.41) is 11.7. The number of hydrogen-bond acceptors (Lipinski definition) is 5. The summed E-state index contributed by atoms with van der Waals surface area (Å²) in [5.74, 6) is 0.390. The predicted octanol–water partition coefficient (Wildman–Crippen LogP) is 4.18. The third-order valence-corrected chi connectivity index (χ3v) is 3.24. The van der Waals surface area contributed by atoms with Gasteiger partial charge in [-0.2, -0.15) is 0 Å². The number of benzene rings is 1. The van der Waals surface area contributed by atoms with Crippen LogP contribution in [0.25, 0.3) is 11.5 Å². The van der Waals surface area contributed by atoms with Crippen molar-refractivity contribution in [3.63, 3.8) is 0 Å². The van der Waals surface area contributed by atoms with Crippen molar-refractivity contribution in [3.05, 3.63) is 52.8 Å². The van der Waals surface area contributed by atoms with Gasteiger partial charge in [-0.15, -0.1) is 5.10 Å². The highest BCUT2D eigenvalue weighted by atomic mass is 35.5. The molecular formula is C13H8Cl2N4O. The van der Waals surface area contributed by atoms with Crippen LogP contribution >= 0.6 is 23.2 Å². The molecule has 3 aromatic rings. The average molecular weight is 307 g/mol. The van der Waals surface area contributed by atoms with Gasteiger partial charge in [-0.05, 0) is 30.3 Å². The molecule has 0 amide bonds. The first-order valence-corrected chi connectivity index (χ1v) is 6.44. The smallest absolute Gasteiger partial charge is 0.320 e. The maximum atomic E-state index is 5.93. The Bertz CT molecular complexity index is 730. The molecule has 1 N–H and O–H groups in total. The van der Waals surface area contributed by atoms with Crippen molar-refractivity contribution in [2.75, 3.05) is 5.32 Å². The lowest BCUT2D eigenvalue weighted by Gasteiger charge is -2.02. The van der Waals surface area contributed by atoms with Crippen LogP contribution in [0, 0.1) is 0 Å². The van der Waals surface area contributed by atoms with Gasteiger partial charge >= 0.3 is 6.01 Å². The van der Waals surface area contributed by atoms with Crippen LogP contribution in [0.15, 0.2) is 47.1 Å². The van der Waals surface area contributed by atoms with Crippen molar-refractivity contribution in [2.24, 2.45) is 0 Å². The molecule has 0 atom stereocenters. The Morgan fingerprint density at radius 2 is 1.95 bits per heavy atom. The number of anilines is 2. The molecule has 0 fully saturated rings. The molecule has 0 saturated carbocycles. The minimum absolute atomic E-state index is 0.266. The van der Waals surface area contributed by atoms with Crippen molar-refractivity contribution < 1.29 is 4.42 Å². The largest absolute Gasteiger partial charge is 0.403 e. The molecule has 0 aliphatic carbocycles. The Balaban J connectivity index is 1.82. The summed E-state index contributed by atoms with van der Waals surface area (Å²) >= 11 is 11.8. The first-order chi connectivity index (χ1) is 9.72. The molecule has 100 valence electrons. The molecule has 2 heterocycles. The Kier molecular flexibility index (Phi) is 3.54. The highest BCUT2D eigenvalue weighted by molar-refractivity contribution is 6.42. The molecule has 20 heavy (non-hydrogen) atoms. The molecule has 0 spiro atoms. The normalized spacial score (nSPS) is 10.5. The molecule has 0 aliphatic rings. The Morgan fingerprint density at radius 1 is 1.05 bits per heavy atom. The summed E-state index contributed by atoms with van der Waals surface area (Å²) in [6.45, 7) is 0. The molecule has 2 aromatic heterocycles. The van der Waals surface area contributed by atoms with E-state index in [9.17, 15) is 0 Å². The monoisotopic (exact) mass is 306 g/mol. The fraction of sp³-hybridized carbons (Fsp3) is 0. The van der Waals surface area contributed by atoms with Gasteiger partial charge in [-0.25, -0.2) is 0 Å². The minimum atomic E-state index is 0.266. The Hall–Kier alpha value is -2.11. The van der Waals surface area contributed by atoms with E-state index in [1.807, 2.05) is 6.07 Å². The molecule has 3 rings (SSSR count). The molecule has 0 bridgehead atoms. The van der Waals surface area contributed by atoms with E-state index in [2.05, 4.69) is 20.5 Å². The van der Waals surface area contributed by atoms with Crippen molar-refractivity contribution in [1.29, 1.82) is 0 Å². The quantitative estimate of drug-likeness (QED) is 0.786. The number of halogens is 2. The van der Waals surface area contributed by atoms with Crippen LogP contribution in [0.5, 0.6) is 0 Å². The molecule has 0 unspecified atom stereocenters. The van der Waals surface area contributed by atoms with Crippen LogP contribution in [0.1, 0.15) is 0 Å². The zero-order valence-corrected chi connectivity index (χ0v) is 11.6. The summed E-state index contributed by atoms with van der Waals surface area (Å²) in [4.78, 5) is 4.00. The molecule has 0 radical (unpaired) electrons. The third-order valence-electron chi connectivity index (χ3n) is 2.50. The fourth-order valence-corrected chi connectivity index (χ4v) is 1.88. The first kappa shape index (κ1) is 12.9. The van der Waals surface area contributed by atoms with E-state index in [0.717, 1.165) is 5.56 Å². The van der Waals surface area contributed by atoms with E-state index in [1.165, 1.54) is 0 Å². The molecule has 0 aliphatic heterocycles. The van der Waals surface area contributed by atoms with Gasteiger partial charge < -0.3 is 9.73 Å². The van der Waals surface area contributed by atoms with E-state index < -0.39 is 0 Å². The van der Waals surface area contributed by atoms with Gasteiger partial charge in [-0.3, -0.25) is 4.98 Å². The summed E-state index contributed by atoms with van der Waals surface area (Å²) in [5.41, 5.74) is 1.46.